The van der Waals surface area contributed by atoms with Gasteiger partial charge >= 0.3 is 0 Å². The lowest BCUT2D eigenvalue weighted by molar-refractivity contribution is 1.28. The second-order valence-corrected chi connectivity index (χ2v) is 8.50. The molecule has 0 saturated heterocycles. The molecule has 0 aliphatic heterocycles. The Balaban J connectivity index is 1.81. The molecule has 5 aromatic rings. The van der Waals surface area contributed by atoms with Crippen molar-refractivity contribution in [3.63, 3.8) is 0 Å². The molecule has 0 bridgehead atoms. The maximum Gasteiger partial charge on any atom is 0.0610 e. The van der Waals surface area contributed by atoms with Crippen molar-refractivity contribution in [3.8, 4) is 0 Å². The first kappa shape index (κ1) is 18.4. The highest BCUT2D eigenvalue weighted by atomic mass is 79.9. The summed E-state index contributed by atoms with van der Waals surface area (Å²) < 4.78 is 2.17. The van der Waals surface area contributed by atoms with Crippen LogP contribution in [0.5, 0.6) is 0 Å². The van der Waals surface area contributed by atoms with Crippen molar-refractivity contribution in [2.45, 2.75) is 0 Å². The van der Waals surface area contributed by atoms with Gasteiger partial charge < -0.3 is 4.90 Å². The Morgan fingerprint density at radius 3 is 1.41 bits per heavy atom. The maximum atomic E-state index is 3.89. The van der Waals surface area contributed by atoms with Gasteiger partial charge in [0.15, 0.2) is 0 Å². The standard InChI is InChI=1S/C26H17Br2N/c27-25-21-12-6-4-8-18(21)14-16-23(25)29(20-10-2-1-3-11-20)24-17-15-19-9-5-7-13-22(19)26(24)28/h1-17H. The van der Waals surface area contributed by atoms with Crippen LogP contribution < -0.4 is 4.90 Å². The van der Waals surface area contributed by atoms with Crippen molar-refractivity contribution in [1.82, 2.24) is 0 Å². The number of rotatable bonds is 3. The molecule has 0 unspecified atom stereocenters. The molecule has 0 aliphatic rings. The van der Waals surface area contributed by atoms with Crippen LogP contribution in [0.15, 0.2) is 112 Å². The van der Waals surface area contributed by atoms with E-state index in [9.17, 15) is 0 Å². The number of benzene rings is 5. The summed E-state index contributed by atoms with van der Waals surface area (Å²) >= 11 is 7.79. The summed E-state index contributed by atoms with van der Waals surface area (Å²) in [5.74, 6) is 0. The van der Waals surface area contributed by atoms with E-state index in [4.69, 9.17) is 0 Å². The molecule has 0 radical (unpaired) electrons. The van der Waals surface area contributed by atoms with Gasteiger partial charge in [0.05, 0.1) is 11.4 Å². The van der Waals surface area contributed by atoms with E-state index >= 15 is 0 Å². The number of hydrogen-bond donors (Lipinski definition) is 0. The van der Waals surface area contributed by atoms with E-state index in [2.05, 4.69) is 134 Å². The molecule has 0 amide bonds. The highest BCUT2D eigenvalue weighted by molar-refractivity contribution is 9.11. The van der Waals surface area contributed by atoms with Gasteiger partial charge in [-0.25, -0.2) is 0 Å². The summed E-state index contributed by atoms with van der Waals surface area (Å²) in [5.41, 5.74) is 3.32. The molecule has 140 valence electrons. The van der Waals surface area contributed by atoms with Crippen LogP contribution in [0.3, 0.4) is 0 Å². The monoisotopic (exact) mass is 501 g/mol. The summed E-state index contributed by atoms with van der Waals surface area (Å²) in [5, 5.41) is 4.83. The third kappa shape index (κ3) is 3.25. The molecule has 5 rings (SSSR count). The van der Waals surface area contributed by atoms with Crippen LogP contribution in [0, 0.1) is 0 Å². The largest absolute Gasteiger partial charge is 0.308 e. The van der Waals surface area contributed by atoms with Crippen LogP contribution in [0.2, 0.25) is 0 Å². The second-order valence-electron chi connectivity index (χ2n) is 6.91. The average molecular weight is 503 g/mol. The van der Waals surface area contributed by atoms with Gasteiger partial charge in [-0.3, -0.25) is 0 Å². The molecule has 0 aromatic heterocycles. The molecular weight excluding hydrogens is 486 g/mol. The Kier molecular flexibility index (Phi) is 4.86. The van der Waals surface area contributed by atoms with E-state index in [1.807, 2.05) is 6.07 Å². The van der Waals surface area contributed by atoms with Crippen molar-refractivity contribution < 1.29 is 0 Å². The van der Waals surface area contributed by atoms with Gasteiger partial charge in [0.1, 0.15) is 0 Å². The highest BCUT2D eigenvalue weighted by Gasteiger charge is 2.19. The summed E-state index contributed by atoms with van der Waals surface area (Å²) in [4.78, 5) is 2.30. The molecule has 29 heavy (non-hydrogen) atoms. The fourth-order valence-corrected chi connectivity index (χ4v) is 5.12. The van der Waals surface area contributed by atoms with Crippen LogP contribution in [-0.2, 0) is 0 Å². The minimum absolute atomic E-state index is 1.08. The van der Waals surface area contributed by atoms with Crippen molar-refractivity contribution in [2.75, 3.05) is 4.90 Å². The topological polar surface area (TPSA) is 3.24 Å². The number of hydrogen-bond acceptors (Lipinski definition) is 1. The molecule has 0 N–H and O–H groups in total. The summed E-state index contributed by atoms with van der Waals surface area (Å²) in [7, 11) is 0. The fraction of sp³-hybridized carbons (Fsp3) is 0. The van der Waals surface area contributed by atoms with E-state index < -0.39 is 0 Å². The Hall–Kier alpha value is -2.62. The van der Waals surface area contributed by atoms with Crippen molar-refractivity contribution in [3.05, 3.63) is 112 Å². The molecule has 0 fully saturated rings. The number of para-hydroxylation sites is 1. The molecule has 0 spiro atoms. The van der Waals surface area contributed by atoms with Crippen LogP contribution in [0.25, 0.3) is 21.5 Å². The Bertz CT molecular complexity index is 1240. The quantitative estimate of drug-likeness (QED) is 0.238. The van der Waals surface area contributed by atoms with Gasteiger partial charge in [0.25, 0.3) is 0 Å². The fourth-order valence-electron chi connectivity index (χ4n) is 3.77. The second kappa shape index (κ2) is 7.66. The van der Waals surface area contributed by atoms with Crippen molar-refractivity contribution >= 4 is 70.5 Å². The van der Waals surface area contributed by atoms with E-state index in [1.54, 1.807) is 0 Å². The molecule has 3 heteroatoms. The van der Waals surface area contributed by atoms with E-state index in [0.717, 1.165) is 26.0 Å². The van der Waals surface area contributed by atoms with Gasteiger partial charge in [0.2, 0.25) is 0 Å². The zero-order valence-corrected chi connectivity index (χ0v) is 18.7. The van der Waals surface area contributed by atoms with Gasteiger partial charge in [-0.15, -0.1) is 0 Å². The number of anilines is 3. The highest BCUT2D eigenvalue weighted by Crippen LogP contribution is 2.45. The van der Waals surface area contributed by atoms with Gasteiger partial charge in [-0.1, -0.05) is 78.9 Å². The smallest absolute Gasteiger partial charge is 0.0610 e. The van der Waals surface area contributed by atoms with Crippen LogP contribution >= 0.6 is 31.9 Å². The van der Waals surface area contributed by atoms with Gasteiger partial charge in [0, 0.05) is 14.6 Å². The van der Waals surface area contributed by atoms with Crippen LogP contribution in [0.1, 0.15) is 0 Å². The number of halogens is 2. The van der Waals surface area contributed by atoms with Crippen LogP contribution in [-0.4, -0.2) is 0 Å². The van der Waals surface area contributed by atoms with E-state index in [-0.39, 0.29) is 0 Å². The van der Waals surface area contributed by atoms with Crippen molar-refractivity contribution in [1.29, 1.82) is 0 Å². The first-order valence-corrected chi connectivity index (χ1v) is 11.0. The SMILES string of the molecule is Brc1c(N(c2ccccc2)c2ccc3ccccc3c2Br)ccc2ccccc12. The molecule has 0 heterocycles. The molecular formula is C26H17Br2N. The van der Waals surface area contributed by atoms with Crippen LogP contribution in [0.4, 0.5) is 17.1 Å². The third-order valence-corrected chi connectivity index (χ3v) is 6.85. The normalized spacial score (nSPS) is 11.1. The summed E-state index contributed by atoms with van der Waals surface area (Å²) in [6.45, 7) is 0. The first-order valence-electron chi connectivity index (χ1n) is 9.44. The summed E-state index contributed by atoms with van der Waals surface area (Å²) in [6, 6.07) is 36.1. The Morgan fingerprint density at radius 1 is 0.448 bits per heavy atom. The molecule has 0 aliphatic carbocycles. The van der Waals surface area contributed by atoms with Crippen molar-refractivity contribution in [2.24, 2.45) is 0 Å². The zero-order valence-electron chi connectivity index (χ0n) is 15.5. The minimum Gasteiger partial charge on any atom is -0.308 e. The average Bonchev–Trinajstić information content (AvgIpc) is 2.78. The lowest BCUT2D eigenvalue weighted by atomic mass is 10.1. The minimum atomic E-state index is 1.08. The zero-order chi connectivity index (χ0) is 19.8. The predicted octanol–water partition coefficient (Wildman–Crippen LogP) is 8.99. The Labute approximate surface area is 186 Å². The van der Waals surface area contributed by atoms with Gasteiger partial charge in [-0.05, 0) is 77.7 Å². The molecule has 5 aromatic carbocycles. The summed E-state index contributed by atoms with van der Waals surface area (Å²) in [6.07, 6.45) is 0. The predicted molar refractivity (Wildman–Crippen MR) is 132 cm³/mol. The number of nitrogens with zero attached hydrogens (tertiary/aromatic N) is 1. The number of fused-ring (bicyclic) bond motifs is 2. The van der Waals surface area contributed by atoms with Gasteiger partial charge in [-0.2, -0.15) is 0 Å². The third-order valence-electron chi connectivity index (χ3n) is 5.18. The lowest BCUT2D eigenvalue weighted by Crippen LogP contribution is -2.11. The lowest BCUT2D eigenvalue weighted by Gasteiger charge is -2.28. The van der Waals surface area contributed by atoms with E-state index in [1.165, 1.54) is 21.5 Å². The first-order chi connectivity index (χ1) is 14.2. The molecule has 1 nitrogen and oxygen atoms in total. The molecule has 0 saturated carbocycles. The Morgan fingerprint density at radius 2 is 0.897 bits per heavy atom. The van der Waals surface area contributed by atoms with E-state index in [0.29, 0.717) is 0 Å². The maximum absolute atomic E-state index is 3.89. The molecule has 0 atom stereocenters.